The van der Waals surface area contributed by atoms with Gasteiger partial charge in [0.25, 0.3) is 0 Å². The molecule has 0 aromatic carbocycles. The molecule has 9 heteroatoms. The van der Waals surface area contributed by atoms with E-state index in [2.05, 4.69) is 34.8 Å². The van der Waals surface area contributed by atoms with Crippen LogP contribution in [0, 0.1) is 0 Å². The summed E-state index contributed by atoms with van der Waals surface area (Å²) in [6.45, 7) is 9.37. The van der Waals surface area contributed by atoms with Crippen LogP contribution in [-0.4, -0.2) is 51.8 Å². The van der Waals surface area contributed by atoms with E-state index < -0.39 is 20.2 Å². The van der Waals surface area contributed by atoms with Crippen molar-refractivity contribution in [3.63, 3.8) is 0 Å². The second-order valence-corrected chi connectivity index (χ2v) is 16.4. The maximum absolute atomic E-state index is 5.06. The van der Waals surface area contributed by atoms with Crippen LogP contribution in [-0.2, 0) is 25.5 Å². The zero-order valence-electron chi connectivity index (χ0n) is 10.5. The molecule has 0 aromatic heterocycles. The molecular weight excluding hydrogens is 426 g/mol. The second kappa shape index (κ2) is 6.05. The Bertz CT molecular complexity index is 325. The van der Waals surface area contributed by atoms with E-state index in [-0.39, 0.29) is 0 Å². The SMILES string of the molecule is CC1CN1P(=[SH+])(N1CC1C)N1CC1C.[Cl][Pd]([Cl])[Cl]. The van der Waals surface area contributed by atoms with Gasteiger partial charge in [-0.3, -0.25) is 0 Å². The average Bonchev–Trinajstić information content (AvgIpc) is 3.06. The quantitative estimate of drug-likeness (QED) is 0.217. The second-order valence-electron chi connectivity index (χ2n) is 5.09. The van der Waals surface area contributed by atoms with Gasteiger partial charge < -0.3 is 0 Å². The summed E-state index contributed by atoms with van der Waals surface area (Å²) in [5, 5.41) is 0. The molecule has 3 aliphatic heterocycles. The van der Waals surface area contributed by atoms with Crippen molar-refractivity contribution in [2.45, 2.75) is 38.9 Å². The number of rotatable bonds is 3. The maximum atomic E-state index is 5.06. The predicted molar refractivity (Wildman–Crippen MR) is 81.7 cm³/mol. The molecule has 0 aliphatic carbocycles. The summed E-state index contributed by atoms with van der Waals surface area (Å²) in [4.78, 5) is 0. The van der Waals surface area contributed by atoms with E-state index in [1.165, 1.54) is 19.6 Å². The van der Waals surface area contributed by atoms with Gasteiger partial charge in [-0.15, -0.1) is 0 Å². The van der Waals surface area contributed by atoms with E-state index in [0.29, 0.717) is 0 Å². The Kier molecular flexibility index (Phi) is 5.52. The van der Waals surface area contributed by atoms with Crippen molar-refractivity contribution >= 4 is 46.9 Å². The summed E-state index contributed by atoms with van der Waals surface area (Å²) in [6, 6.07) is 2.30. The molecule has 0 aromatic rings. The van der Waals surface area contributed by atoms with Crippen molar-refractivity contribution in [3.8, 4) is 0 Å². The van der Waals surface area contributed by atoms with Crippen LogP contribution >= 0.6 is 35.1 Å². The molecule has 111 valence electrons. The number of nitrogens with zero attached hydrogens (tertiary/aromatic N) is 3. The van der Waals surface area contributed by atoms with E-state index in [4.69, 9.17) is 40.4 Å². The van der Waals surface area contributed by atoms with E-state index in [0.717, 1.165) is 18.1 Å². The third-order valence-corrected chi connectivity index (χ3v) is 9.32. The summed E-state index contributed by atoms with van der Waals surface area (Å²) in [7, 11) is 14.8. The summed E-state index contributed by atoms with van der Waals surface area (Å²) in [5.41, 5.74) is 0. The van der Waals surface area contributed by atoms with E-state index in [1.54, 1.807) is 0 Å². The van der Waals surface area contributed by atoms with Gasteiger partial charge in [-0.05, 0) is 20.8 Å². The van der Waals surface area contributed by atoms with Gasteiger partial charge in [0.15, 0.2) is 11.8 Å². The fraction of sp³-hybridized carbons (Fsp3) is 1.00. The topological polar surface area (TPSA) is 9.03 Å². The van der Waals surface area contributed by atoms with Crippen LogP contribution < -0.4 is 0 Å². The van der Waals surface area contributed by atoms with Crippen molar-refractivity contribution in [1.29, 1.82) is 0 Å². The number of halogens is 3. The average molecular weight is 445 g/mol. The molecular formula is C9H19Cl3N3PPdS+. The summed E-state index contributed by atoms with van der Waals surface area (Å²) >= 11 is 3.49. The molecule has 6 atom stereocenters. The molecule has 0 bridgehead atoms. The molecule has 0 N–H and O–H groups in total. The summed E-state index contributed by atoms with van der Waals surface area (Å²) < 4.78 is 7.80. The molecule has 3 heterocycles. The first-order valence-corrected chi connectivity index (χ1v) is 14.6. The Labute approximate surface area is 132 Å². The molecule has 0 saturated carbocycles. The molecule has 3 fully saturated rings. The Morgan fingerprint density at radius 3 is 1.17 bits per heavy atom. The van der Waals surface area contributed by atoms with Gasteiger partial charge in [0.1, 0.15) is 0 Å². The van der Waals surface area contributed by atoms with E-state index in [9.17, 15) is 0 Å². The van der Waals surface area contributed by atoms with Gasteiger partial charge in [-0.1, -0.05) is 0 Å². The van der Waals surface area contributed by atoms with Crippen LogP contribution in [0.15, 0.2) is 0 Å². The van der Waals surface area contributed by atoms with Crippen LogP contribution in [0.4, 0.5) is 0 Å². The third kappa shape index (κ3) is 3.63. The van der Waals surface area contributed by atoms with Gasteiger partial charge in [0.05, 0.1) is 0 Å². The molecule has 18 heavy (non-hydrogen) atoms. The molecule has 0 amide bonds. The first kappa shape index (κ1) is 16.4. The number of hydrogen-bond donors (Lipinski definition) is 0. The molecule has 0 radical (unpaired) electrons. The first-order chi connectivity index (χ1) is 8.28. The standard InChI is InChI=1S/C9H18N3PS.3ClH.Pd/c1-7-4-10(7)13(14,11-5-8(11)2)12-6-9(12)3;;;;/h7-9H,4-6H2,1-3H3;3*1H;/q;;;;+3/p-2. The van der Waals surface area contributed by atoms with Crippen LogP contribution in [0.25, 0.3) is 0 Å². The molecule has 3 nitrogen and oxygen atoms in total. The zero-order valence-corrected chi connectivity index (χ0v) is 16.2. The summed E-state index contributed by atoms with van der Waals surface area (Å²) in [5.74, 6) is 0. The Morgan fingerprint density at radius 2 is 1.06 bits per heavy atom. The Morgan fingerprint density at radius 1 is 0.889 bits per heavy atom. The van der Waals surface area contributed by atoms with Gasteiger partial charge in [-0.25, -0.2) is 14.0 Å². The third-order valence-electron chi connectivity index (χ3n) is 3.51. The number of thiol groups is 1. The summed E-state index contributed by atoms with van der Waals surface area (Å²) in [6.07, 6.45) is 0. The van der Waals surface area contributed by atoms with Crippen molar-refractivity contribution in [1.82, 2.24) is 14.0 Å². The van der Waals surface area contributed by atoms with Gasteiger partial charge in [-0.2, -0.15) is 0 Å². The Balaban J connectivity index is 0.000000267. The van der Waals surface area contributed by atoms with Crippen LogP contribution in [0.2, 0.25) is 0 Å². The van der Waals surface area contributed by atoms with Crippen LogP contribution in [0.3, 0.4) is 0 Å². The molecule has 3 aliphatic rings. The van der Waals surface area contributed by atoms with Crippen molar-refractivity contribution < 1.29 is 13.7 Å². The van der Waals surface area contributed by atoms with Crippen molar-refractivity contribution in [2.24, 2.45) is 0 Å². The minimum atomic E-state index is -1.57. The molecule has 6 unspecified atom stereocenters. The predicted octanol–water partition coefficient (Wildman–Crippen LogP) is 3.12. The minimum absolute atomic E-state index is 0.765. The van der Waals surface area contributed by atoms with Gasteiger partial charge >= 0.3 is 48.8 Å². The zero-order chi connectivity index (χ0) is 13.7. The fourth-order valence-corrected chi connectivity index (χ4v) is 8.32. The molecule has 3 saturated heterocycles. The van der Waals surface area contributed by atoms with Gasteiger partial charge in [0, 0.05) is 37.8 Å². The number of hydrogen-bond acceptors (Lipinski definition) is 0. The Hall–Kier alpha value is 2.06. The first-order valence-electron chi connectivity index (χ1n) is 5.84. The van der Waals surface area contributed by atoms with E-state index in [1.807, 2.05) is 0 Å². The van der Waals surface area contributed by atoms with E-state index >= 15 is 0 Å². The van der Waals surface area contributed by atoms with Gasteiger partial charge in [0.2, 0.25) is 0 Å². The normalized spacial score (nSPS) is 48.4. The molecule has 0 spiro atoms. The molecule has 3 rings (SSSR count). The van der Waals surface area contributed by atoms with Crippen LogP contribution in [0.5, 0.6) is 0 Å². The van der Waals surface area contributed by atoms with Crippen molar-refractivity contribution in [2.75, 3.05) is 19.6 Å². The van der Waals surface area contributed by atoms with Crippen LogP contribution in [0.1, 0.15) is 20.8 Å². The monoisotopic (exact) mass is 443 g/mol. The fourth-order valence-electron chi connectivity index (χ4n) is 2.24. The van der Waals surface area contributed by atoms with Crippen molar-refractivity contribution in [3.05, 3.63) is 0 Å².